The van der Waals surface area contributed by atoms with Crippen LogP contribution in [-0.2, 0) is 23.7 Å². The summed E-state index contributed by atoms with van der Waals surface area (Å²) in [5.74, 6) is 5.45. The average Bonchev–Trinajstić information content (AvgIpc) is 3.46. The predicted octanol–water partition coefficient (Wildman–Crippen LogP) is 8.19. The maximum absolute atomic E-state index is 6.40. The van der Waals surface area contributed by atoms with Crippen LogP contribution in [0.3, 0.4) is 0 Å². The molecule has 0 aromatic heterocycles. The van der Waals surface area contributed by atoms with Crippen molar-refractivity contribution in [2.75, 3.05) is 0 Å². The fourth-order valence-electron chi connectivity index (χ4n) is 4.54. The van der Waals surface area contributed by atoms with Crippen molar-refractivity contribution in [3.63, 3.8) is 0 Å². The molecule has 0 unspecified atom stereocenters. The highest BCUT2D eigenvalue weighted by molar-refractivity contribution is 5.74. The van der Waals surface area contributed by atoms with Crippen LogP contribution in [0.25, 0.3) is 0 Å². The molecule has 0 N–H and O–H groups in total. The summed E-state index contributed by atoms with van der Waals surface area (Å²) in [4.78, 5) is 0. The third-order valence-corrected chi connectivity index (χ3v) is 5.65. The molecule has 2 aromatic rings. The minimum atomic E-state index is 0.0572. The molecule has 0 radical (unpaired) electrons. The second-order valence-electron chi connectivity index (χ2n) is 10.4. The van der Waals surface area contributed by atoms with Gasteiger partial charge in [0.1, 0.15) is 0 Å². The Morgan fingerprint density at radius 1 is 0.655 bits per heavy atom. The molecular weight excluding hydrogens is 360 g/mol. The Bertz CT molecular complexity index is 892. The van der Waals surface area contributed by atoms with Gasteiger partial charge in [0.15, 0.2) is 23.0 Å². The van der Waals surface area contributed by atoms with Gasteiger partial charge in [0.25, 0.3) is 0 Å². The number of hydrogen-bond acceptors (Lipinski definition) is 3. The van der Waals surface area contributed by atoms with E-state index in [0.717, 1.165) is 60.2 Å². The van der Waals surface area contributed by atoms with Crippen molar-refractivity contribution < 1.29 is 14.2 Å². The number of aryl methyl sites for hydroxylation is 2. The van der Waals surface area contributed by atoms with E-state index < -0.39 is 0 Å². The first kappa shape index (κ1) is 20.1. The first-order valence-electron chi connectivity index (χ1n) is 11.0. The van der Waals surface area contributed by atoms with Crippen molar-refractivity contribution in [3.8, 4) is 34.5 Å². The molecule has 2 heterocycles. The standard InChI is InChI=1S/C26H34O3/c1-9-11-15-13-17(21-23(28-21)19(15)25(3,4)5)27-18-14-16(12-10-2)20(26(6,7)8)24-22(18)29-24/h13-14H,9-12H2,1-8H3. The summed E-state index contributed by atoms with van der Waals surface area (Å²) in [6.45, 7) is 17.9. The number of hydrogen-bond donors (Lipinski definition) is 0. The van der Waals surface area contributed by atoms with Gasteiger partial charge < -0.3 is 14.2 Å². The van der Waals surface area contributed by atoms with E-state index in [4.69, 9.17) is 14.2 Å². The summed E-state index contributed by atoms with van der Waals surface area (Å²) in [7, 11) is 0. The van der Waals surface area contributed by atoms with E-state index in [1.807, 2.05) is 0 Å². The van der Waals surface area contributed by atoms with Crippen molar-refractivity contribution in [1.82, 2.24) is 0 Å². The lowest BCUT2D eigenvalue weighted by molar-refractivity contribution is 0.461. The topological polar surface area (TPSA) is 34.3 Å². The first-order chi connectivity index (χ1) is 13.6. The van der Waals surface area contributed by atoms with Crippen LogP contribution in [0.15, 0.2) is 12.1 Å². The van der Waals surface area contributed by atoms with Gasteiger partial charge >= 0.3 is 0 Å². The zero-order valence-electron chi connectivity index (χ0n) is 19.2. The van der Waals surface area contributed by atoms with E-state index in [-0.39, 0.29) is 10.8 Å². The maximum Gasteiger partial charge on any atom is 0.212 e. The van der Waals surface area contributed by atoms with Crippen LogP contribution in [0.4, 0.5) is 0 Å². The van der Waals surface area contributed by atoms with E-state index in [2.05, 4.69) is 67.5 Å². The van der Waals surface area contributed by atoms with Crippen LogP contribution in [-0.4, -0.2) is 0 Å². The molecule has 0 bridgehead atoms. The lowest BCUT2D eigenvalue weighted by Gasteiger charge is -2.22. The highest BCUT2D eigenvalue weighted by atomic mass is 16.6. The van der Waals surface area contributed by atoms with E-state index in [1.54, 1.807) is 0 Å². The first-order valence-corrected chi connectivity index (χ1v) is 11.0. The van der Waals surface area contributed by atoms with E-state index >= 15 is 0 Å². The molecule has 0 aliphatic carbocycles. The number of fused-ring (bicyclic) bond motifs is 2. The second-order valence-corrected chi connectivity index (χ2v) is 10.4. The molecule has 0 spiro atoms. The number of benzene rings is 2. The predicted molar refractivity (Wildman–Crippen MR) is 118 cm³/mol. The van der Waals surface area contributed by atoms with Gasteiger partial charge in [-0.2, -0.15) is 0 Å². The van der Waals surface area contributed by atoms with Gasteiger partial charge in [-0.3, -0.25) is 0 Å². The summed E-state index contributed by atoms with van der Waals surface area (Å²) >= 11 is 0. The van der Waals surface area contributed by atoms with Crippen molar-refractivity contribution in [2.45, 2.75) is 91.9 Å². The zero-order chi connectivity index (χ0) is 21.1. The monoisotopic (exact) mass is 394 g/mol. The molecule has 3 heteroatoms. The normalized spacial score (nSPS) is 13.9. The number of ether oxygens (including phenoxy) is 3. The molecule has 2 aliphatic rings. The van der Waals surface area contributed by atoms with Crippen LogP contribution in [0.1, 0.15) is 90.5 Å². The summed E-state index contributed by atoms with van der Waals surface area (Å²) in [6, 6.07) is 4.36. The second kappa shape index (κ2) is 6.68. The number of rotatable bonds is 6. The van der Waals surface area contributed by atoms with E-state index in [0.29, 0.717) is 0 Å². The van der Waals surface area contributed by atoms with Gasteiger partial charge in [0.2, 0.25) is 11.5 Å². The largest absolute Gasteiger partial charge is 0.449 e. The third-order valence-electron chi connectivity index (χ3n) is 5.65. The molecule has 0 fully saturated rings. The molecule has 4 rings (SSSR count). The van der Waals surface area contributed by atoms with Gasteiger partial charge in [-0.15, -0.1) is 0 Å². The molecular formula is C26H34O3. The lowest BCUT2D eigenvalue weighted by atomic mass is 9.82. The Kier molecular flexibility index (Phi) is 4.64. The minimum absolute atomic E-state index is 0.0572. The molecule has 29 heavy (non-hydrogen) atoms. The summed E-state index contributed by atoms with van der Waals surface area (Å²) in [5.41, 5.74) is 5.41. The minimum Gasteiger partial charge on any atom is -0.449 e. The highest BCUT2D eigenvalue weighted by Gasteiger charge is 2.40. The Hall–Kier alpha value is -2.16. The molecule has 2 aliphatic heterocycles. The molecule has 3 nitrogen and oxygen atoms in total. The van der Waals surface area contributed by atoms with Crippen molar-refractivity contribution in [2.24, 2.45) is 0 Å². The van der Waals surface area contributed by atoms with Gasteiger partial charge in [-0.05, 0) is 46.9 Å². The Morgan fingerprint density at radius 3 is 1.34 bits per heavy atom. The van der Waals surface area contributed by atoms with Gasteiger partial charge in [0, 0.05) is 11.1 Å². The Labute approximate surface area is 175 Å². The fraction of sp³-hybridized carbons (Fsp3) is 0.538. The Morgan fingerprint density at radius 2 is 1.03 bits per heavy atom. The lowest BCUT2D eigenvalue weighted by Crippen LogP contribution is -2.13. The highest BCUT2D eigenvalue weighted by Crippen LogP contribution is 2.63. The summed E-state index contributed by atoms with van der Waals surface area (Å²) < 4.78 is 18.3. The molecule has 0 amide bonds. The van der Waals surface area contributed by atoms with Gasteiger partial charge in [0.05, 0.1) is 0 Å². The van der Waals surface area contributed by atoms with Crippen LogP contribution in [0.5, 0.6) is 34.5 Å². The molecule has 156 valence electrons. The zero-order valence-corrected chi connectivity index (χ0v) is 19.2. The average molecular weight is 395 g/mol. The quantitative estimate of drug-likeness (QED) is 0.309. The fourth-order valence-corrected chi connectivity index (χ4v) is 4.54. The molecule has 0 saturated heterocycles. The van der Waals surface area contributed by atoms with E-state index in [9.17, 15) is 0 Å². The summed E-state index contributed by atoms with van der Waals surface area (Å²) in [5, 5.41) is 0. The van der Waals surface area contributed by atoms with Crippen molar-refractivity contribution >= 4 is 0 Å². The van der Waals surface area contributed by atoms with Gasteiger partial charge in [-0.25, -0.2) is 0 Å². The van der Waals surface area contributed by atoms with Crippen LogP contribution in [0, 0.1) is 0 Å². The smallest absolute Gasteiger partial charge is 0.212 e. The Balaban J connectivity index is 1.74. The SMILES string of the molecule is CCCc1cc(Oc2cc(CCC)c(C(C)(C)C)c3c2O3)c2c(c1C(C)(C)C)O2. The van der Waals surface area contributed by atoms with Crippen molar-refractivity contribution in [3.05, 3.63) is 34.4 Å². The van der Waals surface area contributed by atoms with Crippen LogP contribution < -0.4 is 14.2 Å². The maximum atomic E-state index is 6.40. The van der Waals surface area contributed by atoms with Crippen LogP contribution in [0.2, 0.25) is 0 Å². The third kappa shape index (κ3) is 3.60. The van der Waals surface area contributed by atoms with Gasteiger partial charge in [-0.1, -0.05) is 68.2 Å². The molecule has 0 saturated carbocycles. The summed E-state index contributed by atoms with van der Waals surface area (Å²) in [6.07, 6.45) is 4.25. The van der Waals surface area contributed by atoms with Crippen LogP contribution >= 0.6 is 0 Å². The van der Waals surface area contributed by atoms with E-state index in [1.165, 1.54) is 22.3 Å². The molecule has 2 aromatic carbocycles. The van der Waals surface area contributed by atoms with Crippen molar-refractivity contribution in [1.29, 1.82) is 0 Å². The molecule has 0 atom stereocenters.